The molecule has 0 saturated heterocycles. The smallest absolute Gasteiger partial charge is 0.164 e. The molecule has 3 aromatic heterocycles. The van der Waals surface area contributed by atoms with Gasteiger partial charge in [0.25, 0.3) is 0 Å². The summed E-state index contributed by atoms with van der Waals surface area (Å²) in [5, 5.41) is 8.97. The molecule has 0 amide bonds. The highest BCUT2D eigenvalue weighted by atomic mass is 16.3. The number of hydrogen-bond donors (Lipinski definition) is 0. The van der Waals surface area contributed by atoms with Gasteiger partial charge >= 0.3 is 0 Å². The third-order valence-corrected chi connectivity index (χ3v) is 10.2. The van der Waals surface area contributed by atoms with E-state index in [9.17, 15) is 0 Å². The molecule has 0 N–H and O–H groups in total. The second-order valence-electron chi connectivity index (χ2n) is 13.1. The van der Waals surface area contributed by atoms with Crippen molar-refractivity contribution in [2.24, 2.45) is 0 Å². The van der Waals surface area contributed by atoms with E-state index < -0.39 is 0 Å². The van der Waals surface area contributed by atoms with E-state index in [1.807, 2.05) is 66.7 Å². The van der Waals surface area contributed by atoms with E-state index in [0.29, 0.717) is 17.5 Å². The topological polar surface area (TPSA) is 56.7 Å². The molecule has 5 heteroatoms. The van der Waals surface area contributed by atoms with E-state index in [0.717, 1.165) is 82.3 Å². The molecule has 5 nitrogen and oxygen atoms in total. The lowest BCUT2D eigenvalue weighted by atomic mass is 9.96. The van der Waals surface area contributed by atoms with Crippen LogP contribution in [-0.2, 0) is 0 Å². The van der Waals surface area contributed by atoms with Crippen molar-refractivity contribution >= 4 is 65.3 Å². The van der Waals surface area contributed by atoms with Crippen LogP contribution in [-0.4, -0.2) is 19.5 Å². The minimum absolute atomic E-state index is 0.625. The average molecular weight is 665 g/mol. The highest BCUT2D eigenvalue weighted by molar-refractivity contribution is 6.37. The number of furan rings is 1. The molecule has 0 fully saturated rings. The molecule has 3 heterocycles. The molecule has 0 aliphatic carbocycles. The second kappa shape index (κ2) is 11.2. The van der Waals surface area contributed by atoms with Crippen molar-refractivity contribution in [3.05, 3.63) is 170 Å². The third-order valence-electron chi connectivity index (χ3n) is 10.2. The molecule has 0 aliphatic rings. The zero-order valence-electron chi connectivity index (χ0n) is 27.9. The van der Waals surface area contributed by atoms with Gasteiger partial charge in [-0.05, 0) is 40.4 Å². The summed E-state index contributed by atoms with van der Waals surface area (Å²) in [6.45, 7) is 0. The molecule has 11 rings (SSSR count). The summed E-state index contributed by atoms with van der Waals surface area (Å²) in [6.07, 6.45) is 0. The predicted molar refractivity (Wildman–Crippen MR) is 213 cm³/mol. The first-order valence-corrected chi connectivity index (χ1v) is 17.5. The number of benzene rings is 8. The average Bonchev–Trinajstić information content (AvgIpc) is 3.79. The van der Waals surface area contributed by atoms with E-state index in [2.05, 4.69) is 108 Å². The van der Waals surface area contributed by atoms with Crippen molar-refractivity contribution in [3.8, 4) is 39.9 Å². The molecule has 0 aliphatic heterocycles. The lowest BCUT2D eigenvalue weighted by molar-refractivity contribution is 0.671. The van der Waals surface area contributed by atoms with E-state index in [4.69, 9.17) is 19.4 Å². The number of nitrogens with zero attached hydrogens (tertiary/aromatic N) is 4. The van der Waals surface area contributed by atoms with Crippen molar-refractivity contribution in [2.45, 2.75) is 0 Å². The van der Waals surface area contributed by atoms with Gasteiger partial charge in [-0.3, -0.25) is 0 Å². The monoisotopic (exact) mass is 664 g/mol. The van der Waals surface area contributed by atoms with E-state index in [1.165, 1.54) is 5.39 Å². The number of fused-ring (bicyclic) bond motifs is 12. The Morgan fingerprint density at radius 3 is 1.54 bits per heavy atom. The standard InChI is InChI=1S/C47H28N4O/c1-4-16-29(17-5-1)45-48-46(30-18-6-2-7-19-30)50-47(49-45)37-28-38-40-33-23-11-12-24-34(33)41-36-26-14-15-27-39(36)52-44(41)43(40)51(31-20-8-3-9-21-31)42(38)35-25-13-10-22-32(35)37/h1-28H. The predicted octanol–water partition coefficient (Wildman–Crippen LogP) is 12.2. The third kappa shape index (κ3) is 4.20. The molecule has 0 atom stereocenters. The maximum absolute atomic E-state index is 6.87. The molecule has 11 aromatic rings. The minimum atomic E-state index is 0.625. The molecule has 242 valence electrons. The number of para-hydroxylation sites is 2. The Kier molecular flexibility index (Phi) is 6.18. The lowest BCUT2D eigenvalue weighted by Crippen LogP contribution is -2.01. The molecule has 0 unspecified atom stereocenters. The lowest BCUT2D eigenvalue weighted by Gasteiger charge is -2.13. The summed E-state index contributed by atoms with van der Waals surface area (Å²) in [4.78, 5) is 15.4. The largest absolute Gasteiger partial charge is 0.454 e. The van der Waals surface area contributed by atoms with Crippen molar-refractivity contribution < 1.29 is 4.42 Å². The quantitative estimate of drug-likeness (QED) is 0.188. The molecule has 0 bridgehead atoms. The van der Waals surface area contributed by atoms with Gasteiger partial charge < -0.3 is 8.98 Å². The van der Waals surface area contributed by atoms with Gasteiger partial charge in [-0.15, -0.1) is 0 Å². The summed E-state index contributed by atoms with van der Waals surface area (Å²) in [5.74, 6) is 1.89. The first-order chi connectivity index (χ1) is 25.8. The summed E-state index contributed by atoms with van der Waals surface area (Å²) in [7, 11) is 0. The number of hydrogen-bond acceptors (Lipinski definition) is 4. The Balaban J connectivity index is 1.35. The van der Waals surface area contributed by atoms with Crippen molar-refractivity contribution in [3.63, 3.8) is 0 Å². The maximum atomic E-state index is 6.87. The molecular weight excluding hydrogens is 637 g/mol. The van der Waals surface area contributed by atoms with Gasteiger partial charge in [0, 0.05) is 49.3 Å². The van der Waals surface area contributed by atoms with Crippen LogP contribution in [0.15, 0.2) is 174 Å². The number of rotatable bonds is 4. The SMILES string of the molecule is c1ccc(-c2nc(-c3ccccc3)nc(-c3cc4c5c6ccccc6c6c7ccccc7oc6c5n(-c5ccccc5)c4c4ccccc34)n2)cc1. The van der Waals surface area contributed by atoms with E-state index in [-0.39, 0.29) is 0 Å². The molecule has 8 aromatic carbocycles. The van der Waals surface area contributed by atoms with Gasteiger partial charge in [-0.25, -0.2) is 15.0 Å². The Morgan fingerprint density at radius 1 is 0.385 bits per heavy atom. The molecule has 0 spiro atoms. The van der Waals surface area contributed by atoms with Gasteiger partial charge in [0.1, 0.15) is 5.58 Å². The van der Waals surface area contributed by atoms with E-state index >= 15 is 0 Å². The first kappa shape index (κ1) is 28.7. The molecular formula is C47H28N4O. The summed E-state index contributed by atoms with van der Waals surface area (Å²) >= 11 is 0. The van der Waals surface area contributed by atoms with Crippen molar-refractivity contribution in [1.82, 2.24) is 19.5 Å². The Morgan fingerprint density at radius 2 is 0.885 bits per heavy atom. The summed E-state index contributed by atoms with van der Waals surface area (Å²) in [5.41, 5.74) is 7.78. The molecule has 52 heavy (non-hydrogen) atoms. The van der Waals surface area contributed by atoms with Crippen LogP contribution in [0.5, 0.6) is 0 Å². The van der Waals surface area contributed by atoms with Crippen LogP contribution in [0.25, 0.3) is 105 Å². The highest BCUT2D eigenvalue weighted by Crippen LogP contribution is 2.48. The van der Waals surface area contributed by atoms with Crippen LogP contribution in [0.1, 0.15) is 0 Å². The highest BCUT2D eigenvalue weighted by Gasteiger charge is 2.26. The zero-order valence-corrected chi connectivity index (χ0v) is 27.9. The van der Waals surface area contributed by atoms with Gasteiger partial charge in [0.2, 0.25) is 0 Å². The van der Waals surface area contributed by atoms with Crippen molar-refractivity contribution in [1.29, 1.82) is 0 Å². The normalized spacial score (nSPS) is 11.8. The Bertz CT molecular complexity index is 3110. The number of aromatic nitrogens is 4. The second-order valence-corrected chi connectivity index (χ2v) is 13.1. The fraction of sp³-hybridized carbons (Fsp3) is 0. The van der Waals surface area contributed by atoms with E-state index in [1.54, 1.807) is 0 Å². The maximum Gasteiger partial charge on any atom is 0.164 e. The van der Waals surface area contributed by atoms with Crippen LogP contribution in [0.3, 0.4) is 0 Å². The van der Waals surface area contributed by atoms with Gasteiger partial charge in [0.15, 0.2) is 23.1 Å². The fourth-order valence-corrected chi connectivity index (χ4v) is 7.98. The fourth-order valence-electron chi connectivity index (χ4n) is 7.98. The van der Waals surface area contributed by atoms with Gasteiger partial charge in [-0.1, -0.05) is 146 Å². The van der Waals surface area contributed by atoms with Crippen LogP contribution in [0, 0.1) is 0 Å². The molecule has 0 radical (unpaired) electrons. The summed E-state index contributed by atoms with van der Waals surface area (Å²) < 4.78 is 9.26. The van der Waals surface area contributed by atoms with Crippen LogP contribution in [0.4, 0.5) is 0 Å². The minimum Gasteiger partial charge on any atom is -0.454 e. The van der Waals surface area contributed by atoms with Crippen LogP contribution in [0.2, 0.25) is 0 Å². The van der Waals surface area contributed by atoms with Crippen LogP contribution < -0.4 is 0 Å². The summed E-state index contributed by atoms with van der Waals surface area (Å²) in [6, 6.07) is 58.9. The van der Waals surface area contributed by atoms with Crippen LogP contribution >= 0.6 is 0 Å². The first-order valence-electron chi connectivity index (χ1n) is 17.5. The zero-order chi connectivity index (χ0) is 34.2. The molecule has 0 saturated carbocycles. The Labute approximate surface area is 298 Å². The van der Waals surface area contributed by atoms with Crippen molar-refractivity contribution in [2.75, 3.05) is 0 Å². The van der Waals surface area contributed by atoms with Gasteiger partial charge in [-0.2, -0.15) is 0 Å². The van der Waals surface area contributed by atoms with Gasteiger partial charge in [0.05, 0.1) is 11.0 Å². The Hall–Kier alpha value is -7.11.